The fraction of sp³-hybridized carbons (Fsp3) is 0.308. The SMILES string of the molecule is NC(=NCCCCCCN=C(N)N=C(N)Nc1ccc(Cl)cc1)N=C(N)Nc1ccc(Cl)cc1.O=C(O)CC(O)C(=O)O. The molecule has 0 saturated carbocycles. The number of aliphatic hydroxyl groups is 1. The van der Waals surface area contributed by atoms with Gasteiger partial charge in [0.1, 0.15) is 0 Å². The average Bonchev–Trinajstić information content (AvgIpc) is 2.92. The highest BCUT2D eigenvalue weighted by Crippen LogP contribution is 2.13. The van der Waals surface area contributed by atoms with E-state index in [4.69, 9.17) is 61.5 Å². The number of hydrogen-bond donors (Lipinski definition) is 9. The van der Waals surface area contributed by atoms with E-state index in [2.05, 4.69) is 30.6 Å². The van der Waals surface area contributed by atoms with Crippen molar-refractivity contribution in [2.45, 2.75) is 38.2 Å². The van der Waals surface area contributed by atoms with Gasteiger partial charge < -0.3 is 48.9 Å². The van der Waals surface area contributed by atoms with Gasteiger partial charge in [0.05, 0.1) is 6.42 Å². The Kier molecular flexibility index (Phi) is 17.2. The number of halogens is 2. The average molecular weight is 640 g/mol. The largest absolute Gasteiger partial charge is 0.481 e. The Morgan fingerprint density at radius 1 is 0.698 bits per heavy atom. The first kappa shape index (κ1) is 36.4. The summed E-state index contributed by atoms with van der Waals surface area (Å²) < 4.78 is 0. The fourth-order valence-electron chi connectivity index (χ4n) is 2.95. The second kappa shape index (κ2) is 20.3. The third-order valence-corrected chi connectivity index (χ3v) is 5.47. The lowest BCUT2D eigenvalue weighted by Gasteiger charge is -2.05. The number of aliphatic hydroxyl groups excluding tert-OH is 1. The summed E-state index contributed by atoms with van der Waals surface area (Å²) in [5, 5.41) is 31.3. The van der Waals surface area contributed by atoms with Gasteiger partial charge in [-0.15, -0.1) is 0 Å². The van der Waals surface area contributed by atoms with Crippen LogP contribution in [0, 0.1) is 0 Å². The van der Waals surface area contributed by atoms with Crippen LogP contribution >= 0.6 is 23.2 Å². The van der Waals surface area contributed by atoms with Gasteiger partial charge in [0, 0.05) is 34.5 Å². The lowest BCUT2D eigenvalue weighted by Crippen LogP contribution is -2.26. The number of rotatable bonds is 12. The molecule has 0 spiro atoms. The Hall–Kier alpha value is -4.60. The highest BCUT2D eigenvalue weighted by molar-refractivity contribution is 6.31. The van der Waals surface area contributed by atoms with Crippen molar-refractivity contribution in [3.63, 3.8) is 0 Å². The molecule has 0 amide bonds. The number of carboxylic acids is 2. The van der Waals surface area contributed by atoms with E-state index in [1.165, 1.54) is 0 Å². The summed E-state index contributed by atoms with van der Waals surface area (Å²) in [6.45, 7) is 1.12. The smallest absolute Gasteiger partial charge is 0.333 e. The molecule has 2 aromatic rings. The molecule has 1 unspecified atom stereocenters. The molecular weight excluding hydrogens is 603 g/mol. The molecule has 17 heteroatoms. The Morgan fingerprint density at radius 3 is 1.37 bits per heavy atom. The van der Waals surface area contributed by atoms with Crippen molar-refractivity contribution in [2.24, 2.45) is 42.9 Å². The normalized spacial score (nSPS) is 13.0. The predicted octanol–water partition coefficient (Wildman–Crippen LogP) is 2.24. The Morgan fingerprint density at radius 2 is 1.07 bits per heavy atom. The van der Waals surface area contributed by atoms with Crippen LogP contribution in [0.1, 0.15) is 32.1 Å². The van der Waals surface area contributed by atoms with E-state index >= 15 is 0 Å². The zero-order valence-corrected chi connectivity index (χ0v) is 24.7. The molecule has 43 heavy (non-hydrogen) atoms. The van der Waals surface area contributed by atoms with Gasteiger partial charge in [-0.1, -0.05) is 36.0 Å². The van der Waals surface area contributed by atoms with Crippen LogP contribution in [-0.4, -0.2) is 70.3 Å². The molecule has 234 valence electrons. The monoisotopic (exact) mass is 638 g/mol. The van der Waals surface area contributed by atoms with Gasteiger partial charge in [-0.3, -0.25) is 14.8 Å². The summed E-state index contributed by atoms with van der Waals surface area (Å²) >= 11 is 11.7. The van der Waals surface area contributed by atoms with Gasteiger partial charge >= 0.3 is 11.9 Å². The molecule has 2 aromatic carbocycles. The second-order valence-electron chi connectivity index (χ2n) is 8.60. The van der Waals surface area contributed by atoms with Crippen molar-refractivity contribution < 1.29 is 24.9 Å². The highest BCUT2D eigenvalue weighted by Gasteiger charge is 2.16. The summed E-state index contributed by atoms with van der Waals surface area (Å²) in [5.41, 5.74) is 24.8. The lowest BCUT2D eigenvalue weighted by molar-refractivity contribution is -0.152. The molecule has 0 aliphatic carbocycles. The molecule has 0 aliphatic heterocycles. The molecule has 0 aliphatic rings. The number of nitrogens with two attached hydrogens (primary N) is 4. The molecule has 0 heterocycles. The van der Waals surface area contributed by atoms with Gasteiger partial charge in [-0.25, -0.2) is 4.79 Å². The predicted molar refractivity (Wildman–Crippen MR) is 171 cm³/mol. The Bertz CT molecular complexity index is 1200. The van der Waals surface area contributed by atoms with E-state index in [1.54, 1.807) is 48.5 Å². The maximum Gasteiger partial charge on any atom is 0.333 e. The maximum atomic E-state index is 9.72. The fourth-order valence-corrected chi connectivity index (χ4v) is 3.20. The zero-order valence-electron chi connectivity index (χ0n) is 23.2. The van der Waals surface area contributed by atoms with Crippen LogP contribution in [0.25, 0.3) is 0 Å². The number of anilines is 2. The van der Waals surface area contributed by atoms with E-state index < -0.39 is 24.5 Å². The van der Waals surface area contributed by atoms with Gasteiger partial charge in [0.25, 0.3) is 0 Å². The molecule has 0 saturated heterocycles. The molecule has 0 radical (unpaired) electrons. The van der Waals surface area contributed by atoms with Crippen LogP contribution in [0.3, 0.4) is 0 Å². The number of aliphatic carboxylic acids is 2. The molecule has 0 fully saturated rings. The third kappa shape index (κ3) is 18.5. The van der Waals surface area contributed by atoms with Crippen LogP contribution in [-0.2, 0) is 9.59 Å². The van der Waals surface area contributed by atoms with Crippen LogP contribution in [0.4, 0.5) is 11.4 Å². The van der Waals surface area contributed by atoms with E-state index in [0.29, 0.717) is 23.1 Å². The third-order valence-electron chi connectivity index (χ3n) is 4.97. The van der Waals surface area contributed by atoms with Gasteiger partial charge in [0.15, 0.2) is 6.10 Å². The highest BCUT2D eigenvalue weighted by atomic mass is 35.5. The van der Waals surface area contributed by atoms with Gasteiger partial charge in [-0.2, -0.15) is 9.98 Å². The van der Waals surface area contributed by atoms with Crippen LogP contribution in [0.15, 0.2) is 68.5 Å². The summed E-state index contributed by atoms with van der Waals surface area (Å²) in [7, 11) is 0. The molecule has 1 atom stereocenters. The van der Waals surface area contributed by atoms with Crippen LogP contribution in [0.5, 0.6) is 0 Å². The number of nitrogens with zero attached hydrogens (tertiary/aromatic N) is 4. The summed E-state index contributed by atoms with van der Waals surface area (Å²) in [4.78, 5) is 35.9. The first-order valence-electron chi connectivity index (χ1n) is 12.8. The van der Waals surface area contributed by atoms with Crippen molar-refractivity contribution >= 4 is 70.4 Å². The number of benzene rings is 2. The lowest BCUT2D eigenvalue weighted by atomic mass is 10.2. The first-order chi connectivity index (χ1) is 20.3. The van der Waals surface area contributed by atoms with Crippen molar-refractivity contribution in [1.29, 1.82) is 0 Å². The van der Waals surface area contributed by atoms with Crippen molar-refractivity contribution in [1.82, 2.24) is 0 Å². The minimum absolute atomic E-state index is 0.124. The van der Waals surface area contributed by atoms with E-state index in [-0.39, 0.29) is 23.8 Å². The van der Waals surface area contributed by atoms with Crippen molar-refractivity contribution in [2.75, 3.05) is 23.7 Å². The molecule has 13 N–H and O–H groups in total. The number of hydrogen-bond acceptors (Lipinski definition) is 5. The van der Waals surface area contributed by atoms with Crippen molar-refractivity contribution in [3.05, 3.63) is 58.6 Å². The van der Waals surface area contributed by atoms with E-state index in [1.807, 2.05) is 0 Å². The minimum Gasteiger partial charge on any atom is -0.481 e. The maximum absolute atomic E-state index is 9.72. The molecule has 2 rings (SSSR count). The zero-order chi connectivity index (χ0) is 32.2. The molecule has 15 nitrogen and oxygen atoms in total. The number of carbonyl (C=O) groups is 2. The number of aliphatic imine (C=N–C) groups is 4. The van der Waals surface area contributed by atoms with Crippen LogP contribution < -0.4 is 33.6 Å². The first-order valence-corrected chi connectivity index (χ1v) is 13.6. The minimum atomic E-state index is -1.79. The topological polar surface area (TPSA) is 272 Å². The second-order valence-corrected chi connectivity index (χ2v) is 9.48. The number of nitrogens with one attached hydrogen (secondary N) is 2. The number of unbranched alkanes of at least 4 members (excludes halogenated alkanes) is 3. The summed E-state index contributed by atoms with van der Waals surface area (Å²) in [6.07, 6.45) is 1.14. The molecular formula is C26H36Cl2N10O5. The van der Waals surface area contributed by atoms with E-state index in [9.17, 15) is 9.59 Å². The molecule has 0 aromatic heterocycles. The number of carboxylic acid groups (broad SMARTS) is 2. The number of guanidine groups is 4. The summed E-state index contributed by atoms with van der Waals surface area (Å²) in [6, 6.07) is 14.1. The van der Waals surface area contributed by atoms with E-state index in [0.717, 1.165) is 37.1 Å². The molecule has 0 bridgehead atoms. The standard InChI is InChI=1S/C22H30Cl2N10.C4H6O5/c23-15-5-9-17(10-6-15)31-21(27)33-19(25)29-13-3-1-2-4-14-30-20(26)34-22(28)32-18-11-7-16(24)8-12-18;5-2(4(8)9)1-3(6)7/h5-12H,1-4,13-14H2,(H5,25,27,29,31,33)(H5,26,28,30,32,34);2,5H,1H2,(H,6,7)(H,8,9). The quantitative estimate of drug-likeness (QED) is 0.0923. The van der Waals surface area contributed by atoms with Crippen LogP contribution in [0.2, 0.25) is 10.0 Å². The Labute approximate surface area is 258 Å². The Balaban J connectivity index is 0.000000887. The van der Waals surface area contributed by atoms with Gasteiger partial charge in [0.2, 0.25) is 23.8 Å². The van der Waals surface area contributed by atoms with Gasteiger partial charge in [-0.05, 0) is 61.4 Å². The van der Waals surface area contributed by atoms with Crippen molar-refractivity contribution in [3.8, 4) is 0 Å². The summed E-state index contributed by atoms with van der Waals surface area (Å²) in [5.74, 6) is -2.28.